The zero-order chi connectivity index (χ0) is 10.8. The van der Waals surface area contributed by atoms with Crippen LogP contribution in [0.5, 0.6) is 0 Å². The monoisotopic (exact) mass is 206 g/mol. The molecule has 5 heteroatoms. The fraction of sp³-hybridized carbons (Fsp3) is 0. The van der Waals surface area contributed by atoms with Gasteiger partial charge >= 0.3 is 5.97 Å². The quantitative estimate of drug-likeness (QED) is 0.813. The fourth-order valence-electron chi connectivity index (χ4n) is 1.28. The molecule has 15 heavy (non-hydrogen) atoms. The van der Waals surface area contributed by atoms with E-state index in [1.54, 1.807) is 6.07 Å². The third kappa shape index (κ3) is 1.59. The molecule has 0 saturated heterocycles. The minimum atomic E-state index is -1.14. The van der Waals surface area contributed by atoms with Gasteiger partial charge < -0.3 is 5.11 Å². The second-order valence-corrected chi connectivity index (χ2v) is 2.88. The predicted octanol–water partition coefficient (Wildman–Crippen LogP) is 1.71. The average molecular weight is 206 g/mol. The van der Waals surface area contributed by atoms with E-state index in [-0.39, 0.29) is 11.4 Å². The summed E-state index contributed by atoms with van der Waals surface area (Å²) in [6.07, 6.45) is 1.32. The molecule has 1 N–H and O–H groups in total. The maximum atomic E-state index is 13.3. The number of halogens is 1. The standard InChI is InChI=1S/C10H7FN2O2/c11-7-3-1-2-4-8(7)13-9(10(14)15)5-6-12-13/h1-6H,(H,14,15). The van der Waals surface area contributed by atoms with Gasteiger partial charge in [-0.15, -0.1) is 0 Å². The lowest BCUT2D eigenvalue weighted by Gasteiger charge is -2.04. The molecule has 0 aliphatic heterocycles. The van der Waals surface area contributed by atoms with Gasteiger partial charge in [-0.2, -0.15) is 5.10 Å². The van der Waals surface area contributed by atoms with Gasteiger partial charge in [0.2, 0.25) is 0 Å². The van der Waals surface area contributed by atoms with E-state index in [2.05, 4.69) is 5.10 Å². The van der Waals surface area contributed by atoms with Crippen LogP contribution in [-0.2, 0) is 0 Å². The number of aromatic carboxylic acids is 1. The molecule has 4 nitrogen and oxygen atoms in total. The van der Waals surface area contributed by atoms with Crippen LogP contribution in [0.3, 0.4) is 0 Å². The summed E-state index contributed by atoms with van der Waals surface area (Å²) in [5, 5.41) is 12.6. The van der Waals surface area contributed by atoms with Gasteiger partial charge in [-0.25, -0.2) is 13.9 Å². The van der Waals surface area contributed by atoms with Gasteiger partial charge in [0.05, 0.1) is 6.20 Å². The molecule has 1 heterocycles. The molecule has 1 aromatic heterocycles. The third-order valence-electron chi connectivity index (χ3n) is 1.94. The largest absolute Gasteiger partial charge is 0.477 e. The summed E-state index contributed by atoms with van der Waals surface area (Å²) in [7, 11) is 0. The zero-order valence-electron chi connectivity index (χ0n) is 7.59. The maximum Gasteiger partial charge on any atom is 0.354 e. The van der Waals surface area contributed by atoms with Crippen LogP contribution in [0, 0.1) is 5.82 Å². The Hall–Kier alpha value is -2.17. The van der Waals surface area contributed by atoms with Gasteiger partial charge in [0.15, 0.2) is 5.69 Å². The Kier molecular flexibility index (Phi) is 2.21. The minimum Gasteiger partial charge on any atom is -0.477 e. The summed E-state index contributed by atoms with van der Waals surface area (Å²) in [5.74, 6) is -1.65. The normalized spacial score (nSPS) is 10.2. The number of carboxylic acids is 1. The molecule has 1 aromatic carbocycles. The molecule has 0 saturated carbocycles. The first-order valence-corrected chi connectivity index (χ1v) is 4.22. The minimum absolute atomic E-state index is 0.0694. The van der Waals surface area contributed by atoms with Crippen LogP contribution in [0.4, 0.5) is 4.39 Å². The SMILES string of the molecule is O=C(O)c1ccnn1-c1ccccc1F. The molecule has 0 amide bonds. The number of para-hydroxylation sites is 1. The van der Waals surface area contributed by atoms with Gasteiger partial charge in [-0.05, 0) is 18.2 Å². The number of rotatable bonds is 2. The number of benzene rings is 1. The number of nitrogens with zero attached hydrogens (tertiary/aromatic N) is 2. The Morgan fingerprint density at radius 2 is 2.07 bits per heavy atom. The molecular formula is C10H7FN2O2. The van der Waals surface area contributed by atoms with E-state index in [1.807, 2.05) is 0 Å². The highest BCUT2D eigenvalue weighted by Crippen LogP contribution is 2.14. The number of aromatic nitrogens is 2. The summed E-state index contributed by atoms with van der Waals surface area (Å²) in [6.45, 7) is 0. The van der Waals surface area contributed by atoms with Crippen LogP contribution < -0.4 is 0 Å². The zero-order valence-corrected chi connectivity index (χ0v) is 7.59. The number of hydrogen-bond acceptors (Lipinski definition) is 2. The summed E-state index contributed by atoms with van der Waals surface area (Å²) >= 11 is 0. The molecule has 2 rings (SSSR count). The summed E-state index contributed by atoms with van der Waals surface area (Å²) in [4.78, 5) is 10.8. The summed E-state index contributed by atoms with van der Waals surface area (Å²) in [5.41, 5.74) is 0.0556. The van der Waals surface area contributed by atoms with Gasteiger partial charge in [-0.3, -0.25) is 0 Å². The van der Waals surface area contributed by atoms with E-state index in [9.17, 15) is 9.18 Å². The Balaban J connectivity index is 2.59. The van der Waals surface area contributed by atoms with Crippen LogP contribution in [0.1, 0.15) is 10.5 Å². The van der Waals surface area contributed by atoms with E-state index in [1.165, 1.54) is 30.5 Å². The lowest BCUT2D eigenvalue weighted by Crippen LogP contribution is -2.09. The molecule has 0 unspecified atom stereocenters. The van der Waals surface area contributed by atoms with Crippen LogP contribution in [0.15, 0.2) is 36.5 Å². The molecule has 0 aliphatic rings. The first-order valence-electron chi connectivity index (χ1n) is 4.22. The second kappa shape index (κ2) is 3.53. The van der Waals surface area contributed by atoms with E-state index < -0.39 is 11.8 Å². The molecule has 0 fully saturated rings. The van der Waals surface area contributed by atoms with Crippen molar-refractivity contribution >= 4 is 5.97 Å². The van der Waals surface area contributed by atoms with Crippen molar-refractivity contribution in [3.8, 4) is 5.69 Å². The van der Waals surface area contributed by atoms with Crippen LogP contribution >= 0.6 is 0 Å². The van der Waals surface area contributed by atoms with E-state index >= 15 is 0 Å². The summed E-state index contributed by atoms with van der Waals surface area (Å²) < 4.78 is 14.4. The Morgan fingerprint density at radius 3 is 2.73 bits per heavy atom. The van der Waals surface area contributed by atoms with Crippen molar-refractivity contribution in [3.05, 3.63) is 48.0 Å². The Morgan fingerprint density at radius 1 is 1.33 bits per heavy atom. The first kappa shape index (κ1) is 9.39. The highest BCUT2D eigenvalue weighted by Gasteiger charge is 2.13. The smallest absolute Gasteiger partial charge is 0.354 e. The van der Waals surface area contributed by atoms with Crippen molar-refractivity contribution in [2.75, 3.05) is 0 Å². The molecule has 76 valence electrons. The molecule has 0 spiro atoms. The van der Waals surface area contributed by atoms with Crippen molar-refractivity contribution in [2.45, 2.75) is 0 Å². The highest BCUT2D eigenvalue weighted by atomic mass is 19.1. The van der Waals surface area contributed by atoms with Crippen LogP contribution in [-0.4, -0.2) is 20.9 Å². The van der Waals surface area contributed by atoms with Crippen LogP contribution in [0.25, 0.3) is 5.69 Å². The van der Waals surface area contributed by atoms with Crippen molar-refractivity contribution < 1.29 is 14.3 Å². The molecule has 0 aliphatic carbocycles. The van der Waals surface area contributed by atoms with E-state index in [4.69, 9.17) is 5.11 Å². The summed E-state index contributed by atoms with van der Waals surface area (Å²) in [6, 6.07) is 7.18. The second-order valence-electron chi connectivity index (χ2n) is 2.88. The maximum absolute atomic E-state index is 13.3. The first-order chi connectivity index (χ1) is 7.20. The third-order valence-corrected chi connectivity index (χ3v) is 1.94. The fourth-order valence-corrected chi connectivity index (χ4v) is 1.28. The Labute approximate surface area is 84.6 Å². The molecular weight excluding hydrogens is 199 g/mol. The molecule has 2 aromatic rings. The molecule has 0 atom stereocenters. The van der Waals surface area contributed by atoms with Crippen molar-refractivity contribution in [1.29, 1.82) is 0 Å². The van der Waals surface area contributed by atoms with Gasteiger partial charge in [0.1, 0.15) is 11.5 Å². The topological polar surface area (TPSA) is 55.1 Å². The van der Waals surface area contributed by atoms with Gasteiger partial charge in [-0.1, -0.05) is 12.1 Å². The van der Waals surface area contributed by atoms with Crippen LogP contribution in [0.2, 0.25) is 0 Å². The number of hydrogen-bond donors (Lipinski definition) is 1. The lowest BCUT2D eigenvalue weighted by molar-refractivity contribution is 0.0687. The van der Waals surface area contributed by atoms with Gasteiger partial charge in [0.25, 0.3) is 0 Å². The molecule has 0 radical (unpaired) electrons. The lowest BCUT2D eigenvalue weighted by atomic mass is 10.3. The van der Waals surface area contributed by atoms with Crippen molar-refractivity contribution in [2.24, 2.45) is 0 Å². The van der Waals surface area contributed by atoms with Crippen molar-refractivity contribution in [3.63, 3.8) is 0 Å². The van der Waals surface area contributed by atoms with Crippen molar-refractivity contribution in [1.82, 2.24) is 9.78 Å². The predicted molar refractivity (Wildman–Crippen MR) is 50.5 cm³/mol. The van der Waals surface area contributed by atoms with E-state index in [0.29, 0.717) is 0 Å². The number of carbonyl (C=O) groups is 1. The number of carboxylic acid groups (broad SMARTS) is 1. The highest BCUT2D eigenvalue weighted by molar-refractivity contribution is 5.86. The average Bonchev–Trinajstić information content (AvgIpc) is 2.67. The Bertz CT molecular complexity index is 508. The van der Waals surface area contributed by atoms with Gasteiger partial charge in [0, 0.05) is 0 Å². The molecule has 0 bridgehead atoms. The van der Waals surface area contributed by atoms with E-state index in [0.717, 1.165) is 4.68 Å².